The molecule has 31 heavy (non-hydrogen) atoms. The molecule has 1 aromatic carbocycles. The second-order valence-electron chi connectivity index (χ2n) is 7.12. The molecule has 0 saturated carbocycles. The van der Waals surface area contributed by atoms with E-state index in [-0.39, 0.29) is 18.0 Å². The number of aryl methyl sites for hydroxylation is 3. The van der Waals surface area contributed by atoms with Crippen LogP contribution in [0.3, 0.4) is 0 Å². The van der Waals surface area contributed by atoms with Gasteiger partial charge in [-0.2, -0.15) is 4.98 Å². The van der Waals surface area contributed by atoms with Crippen LogP contribution in [0, 0.1) is 26.6 Å². The van der Waals surface area contributed by atoms with Crippen molar-refractivity contribution < 1.29 is 13.9 Å². The normalized spacial score (nSPS) is 10.5. The summed E-state index contributed by atoms with van der Waals surface area (Å²) in [5.74, 6) is 0.775. The Hall–Kier alpha value is -3.81. The van der Waals surface area contributed by atoms with Crippen LogP contribution in [-0.2, 0) is 11.2 Å². The number of allylic oxidation sites excluding steroid dienone is 1. The van der Waals surface area contributed by atoms with E-state index < -0.39 is 0 Å². The summed E-state index contributed by atoms with van der Waals surface area (Å²) in [7, 11) is 1.54. The van der Waals surface area contributed by atoms with Crippen molar-refractivity contribution in [1.29, 1.82) is 0 Å². The van der Waals surface area contributed by atoms with Gasteiger partial charge in [0.25, 0.3) is 0 Å². The van der Waals surface area contributed by atoms with Crippen LogP contribution in [0.4, 0.5) is 27.5 Å². The Bertz CT molecular complexity index is 1150. The number of ether oxygens (including phenoxy) is 1. The number of carbonyl (C=O) groups is 1. The molecule has 8 heteroatoms. The smallest absolute Gasteiger partial charge is 0.229 e. The Morgan fingerprint density at radius 1 is 1.06 bits per heavy atom. The van der Waals surface area contributed by atoms with E-state index in [0.717, 1.165) is 16.8 Å². The van der Waals surface area contributed by atoms with Gasteiger partial charge in [0.05, 0.1) is 12.8 Å². The largest absolute Gasteiger partial charge is 0.481 e. The van der Waals surface area contributed by atoms with Crippen molar-refractivity contribution in [1.82, 2.24) is 15.0 Å². The molecule has 0 radical (unpaired) electrons. The standard InChI is InChI=1S/C23H24FN5O2/c1-6-17(30)8-16-7-13(2)18(24)9-20(16)27-22-15(4)12-26-23(29-22)28-19-10-21(31-5)25-11-14(19)3/h6-7,9-12H,1,8H2,2-5H3,(H2,25,26,27,28,29). The van der Waals surface area contributed by atoms with Crippen molar-refractivity contribution in [3.63, 3.8) is 0 Å². The van der Waals surface area contributed by atoms with Gasteiger partial charge in [-0.25, -0.2) is 14.4 Å². The number of nitrogens with one attached hydrogen (secondary N) is 2. The Morgan fingerprint density at radius 3 is 2.52 bits per heavy atom. The van der Waals surface area contributed by atoms with Crippen LogP contribution in [0.1, 0.15) is 22.3 Å². The third-order valence-electron chi connectivity index (χ3n) is 4.74. The molecular weight excluding hydrogens is 397 g/mol. The molecule has 0 fully saturated rings. The maximum Gasteiger partial charge on any atom is 0.229 e. The van der Waals surface area contributed by atoms with Crippen molar-refractivity contribution in [2.75, 3.05) is 17.7 Å². The zero-order chi connectivity index (χ0) is 22.5. The summed E-state index contributed by atoms with van der Waals surface area (Å²) >= 11 is 0. The molecule has 3 rings (SSSR count). The number of ketones is 1. The first-order valence-electron chi connectivity index (χ1n) is 9.63. The lowest BCUT2D eigenvalue weighted by molar-refractivity contribution is -0.114. The molecule has 0 aliphatic rings. The fraction of sp³-hybridized carbons (Fsp3) is 0.217. The van der Waals surface area contributed by atoms with E-state index in [9.17, 15) is 9.18 Å². The molecule has 0 aliphatic carbocycles. The average Bonchev–Trinajstić information content (AvgIpc) is 2.75. The van der Waals surface area contributed by atoms with Crippen molar-refractivity contribution in [2.45, 2.75) is 27.2 Å². The summed E-state index contributed by atoms with van der Waals surface area (Å²) in [5.41, 5.74) is 3.99. The number of benzene rings is 1. The first-order chi connectivity index (χ1) is 14.8. The number of aromatic nitrogens is 3. The molecule has 0 saturated heterocycles. The molecule has 2 aromatic heterocycles. The Balaban J connectivity index is 1.94. The Labute approximate surface area is 180 Å². The van der Waals surface area contributed by atoms with Crippen molar-refractivity contribution in [3.8, 4) is 5.88 Å². The summed E-state index contributed by atoms with van der Waals surface area (Å²) in [6, 6.07) is 4.77. The summed E-state index contributed by atoms with van der Waals surface area (Å²) in [6.07, 6.45) is 4.71. The molecule has 160 valence electrons. The van der Waals surface area contributed by atoms with Gasteiger partial charge < -0.3 is 15.4 Å². The van der Waals surface area contributed by atoms with Crippen molar-refractivity contribution >= 4 is 28.9 Å². The number of rotatable bonds is 8. The molecule has 0 spiro atoms. The van der Waals surface area contributed by atoms with E-state index >= 15 is 0 Å². The van der Waals surface area contributed by atoms with Crippen LogP contribution in [0.2, 0.25) is 0 Å². The van der Waals surface area contributed by atoms with E-state index in [4.69, 9.17) is 4.74 Å². The SMILES string of the molecule is C=CC(=O)Cc1cc(C)c(F)cc1Nc1nc(Nc2cc(OC)ncc2C)ncc1C. The summed E-state index contributed by atoms with van der Waals surface area (Å²) in [5, 5.41) is 6.30. The zero-order valence-electron chi connectivity index (χ0n) is 17.9. The van der Waals surface area contributed by atoms with Gasteiger partial charge in [-0.05, 0) is 49.6 Å². The van der Waals surface area contributed by atoms with Crippen LogP contribution in [0.25, 0.3) is 0 Å². The number of nitrogens with zero attached hydrogens (tertiary/aromatic N) is 3. The summed E-state index contributed by atoms with van der Waals surface area (Å²) in [6.45, 7) is 8.91. The van der Waals surface area contributed by atoms with Gasteiger partial charge in [0.1, 0.15) is 11.6 Å². The molecule has 2 heterocycles. The van der Waals surface area contributed by atoms with E-state index in [1.807, 2.05) is 13.8 Å². The number of carbonyl (C=O) groups excluding carboxylic acids is 1. The lowest BCUT2D eigenvalue weighted by Crippen LogP contribution is -2.07. The average molecular weight is 421 g/mol. The van der Waals surface area contributed by atoms with E-state index in [0.29, 0.717) is 34.5 Å². The highest BCUT2D eigenvalue weighted by Gasteiger charge is 2.13. The van der Waals surface area contributed by atoms with Gasteiger partial charge in [-0.1, -0.05) is 12.6 Å². The lowest BCUT2D eigenvalue weighted by Gasteiger charge is -2.15. The van der Waals surface area contributed by atoms with E-state index in [1.165, 1.54) is 12.1 Å². The zero-order valence-corrected chi connectivity index (χ0v) is 17.9. The molecule has 0 atom stereocenters. The quantitative estimate of drug-likeness (QED) is 0.508. The predicted molar refractivity (Wildman–Crippen MR) is 119 cm³/mol. The van der Waals surface area contributed by atoms with Gasteiger partial charge in [-0.3, -0.25) is 4.79 Å². The van der Waals surface area contributed by atoms with Gasteiger partial charge in [0.15, 0.2) is 5.78 Å². The molecule has 7 nitrogen and oxygen atoms in total. The third kappa shape index (κ3) is 5.22. The maximum atomic E-state index is 14.3. The van der Waals surface area contributed by atoms with Crippen LogP contribution in [0.15, 0.2) is 43.2 Å². The molecule has 2 N–H and O–H groups in total. The molecule has 0 unspecified atom stereocenters. The van der Waals surface area contributed by atoms with Gasteiger partial charge >= 0.3 is 0 Å². The summed E-state index contributed by atoms with van der Waals surface area (Å²) < 4.78 is 19.4. The number of hydrogen-bond donors (Lipinski definition) is 2. The predicted octanol–water partition coefficient (Wildman–Crippen LogP) is 4.73. The fourth-order valence-corrected chi connectivity index (χ4v) is 2.89. The van der Waals surface area contributed by atoms with E-state index in [2.05, 4.69) is 32.2 Å². The van der Waals surface area contributed by atoms with Crippen LogP contribution < -0.4 is 15.4 Å². The molecule has 0 bridgehead atoms. The topological polar surface area (TPSA) is 89.0 Å². The van der Waals surface area contributed by atoms with Crippen molar-refractivity contribution in [2.24, 2.45) is 0 Å². The molecule has 0 amide bonds. The monoisotopic (exact) mass is 421 g/mol. The number of hydrogen-bond acceptors (Lipinski definition) is 7. The highest BCUT2D eigenvalue weighted by molar-refractivity contribution is 5.92. The van der Waals surface area contributed by atoms with Crippen LogP contribution in [0.5, 0.6) is 5.88 Å². The van der Waals surface area contributed by atoms with Gasteiger partial charge in [0.2, 0.25) is 11.8 Å². The number of pyridine rings is 1. The Morgan fingerprint density at radius 2 is 1.81 bits per heavy atom. The first kappa shape index (κ1) is 21.9. The van der Waals surface area contributed by atoms with E-state index in [1.54, 1.807) is 38.6 Å². The van der Waals surface area contributed by atoms with Gasteiger partial charge in [-0.15, -0.1) is 0 Å². The summed E-state index contributed by atoms with van der Waals surface area (Å²) in [4.78, 5) is 24.9. The minimum atomic E-state index is -0.373. The van der Waals surface area contributed by atoms with Crippen LogP contribution in [-0.4, -0.2) is 27.8 Å². The number of anilines is 4. The third-order valence-corrected chi connectivity index (χ3v) is 4.74. The second kappa shape index (κ2) is 9.34. The van der Waals surface area contributed by atoms with Gasteiger partial charge in [0, 0.05) is 36.1 Å². The minimum Gasteiger partial charge on any atom is -0.481 e. The van der Waals surface area contributed by atoms with Crippen molar-refractivity contribution in [3.05, 3.63) is 71.3 Å². The van der Waals surface area contributed by atoms with Crippen LogP contribution >= 0.6 is 0 Å². The lowest BCUT2D eigenvalue weighted by atomic mass is 10.0. The first-order valence-corrected chi connectivity index (χ1v) is 9.63. The fourth-order valence-electron chi connectivity index (χ4n) is 2.89. The molecule has 0 aliphatic heterocycles. The molecule has 3 aromatic rings. The molecular formula is C23H24FN5O2. The Kier molecular flexibility index (Phi) is 6.59. The maximum absolute atomic E-state index is 14.3. The number of methoxy groups -OCH3 is 1. The second-order valence-corrected chi connectivity index (χ2v) is 7.12. The highest BCUT2D eigenvalue weighted by Crippen LogP contribution is 2.27. The number of halogens is 1. The minimum absolute atomic E-state index is 0.109. The highest BCUT2D eigenvalue weighted by atomic mass is 19.1.